The summed E-state index contributed by atoms with van der Waals surface area (Å²) in [6.45, 7) is 6.93. The van der Waals surface area contributed by atoms with Gasteiger partial charge in [0.1, 0.15) is 0 Å². The summed E-state index contributed by atoms with van der Waals surface area (Å²) >= 11 is 0. The highest BCUT2D eigenvalue weighted by Gasteiger charge is 2.35. The summed E-state index contributed by atoms with van der Waals surface area (Å²) < 4.78 is 0. The predicted molar refractivity (Wildman–Crippen MR) is 198 cm³/mol. The van der Waals surface area contributed by atoms with E-state index in [2.05, 4.69) is 172 Å². The molecule has 0 unspecified atom stereocenters. The van der Waals surface area contributed by atoms with Crippen molar-refractivity contribution in [1.82, 2.24) is 0 Å². The Hall–Kier alpha value is -5.46. The van der Waals surface area contributed by atoms with E-state index >= 15 is 0 Å². The molecule has 46 heavy (non-hydrogen) atoms. The maximum absolute atomic E-state index is 2.46. The van der Waals surface area contributed by atoms with Crippen LogP contribution in [0.5, 0.6) is 0 Å². The highest BCUT2D eigenvalue weighted by atomic mass is 14.4. The van der Waals surface area contributed by atoms with Crippen molar-refractivity contribution in [3.05, 3.63) is 168 Å². The molecule has 0 nitrogen and oxygen atoms in total. The van der Waals surface area contributed by atoms with Gasteiger partial charge in [-0.1, -0.05) is 165 Å². The van der Waals surface area contributed by atoms with Gasteiger partial charge in [-0.3, -0.25) is 0 Å². The van der Waals surface area contributed by atoms with Gasteiger partial charge in [-0.05, 0) is 101 Å². The van der Waals surface area contributed by atoms with Crippen LogP contribution < -0.4 is 0 Å². The zero-order valence-corrected chi connectivity index (χ0v) is 26.4. The van der Waals surface area contributed by atoms with Gasteiger partial charge in [0.2, 0.25) is 0 Å². The Morgan fingerprint density at radius 3 is 1.85 bits per heavy atom. The Kier molecular flexibility index (Phi) is 5.86. The third-order valence-electron chi connectivity index (χ3n) is 10.3. The van der Waals surface area contributed by atoms with E-state index in [-0.39, 0.29) is 5.41 Å². The smallest absolute Gasteiger partial charge is 0.0158 e. The van der Waals surface area contributed by atoms with Crippen molar-refractivity contribution in [2.24, 2.45) is 0 Å². The minimum absolute atomic E-state index is 0.0166. The Bertz CT molecular complexity index is 2490. The third kappa shape index (κ3) is 3.87. The van der Waals surface area contributed by atoms with Gasteiger partial charge in [-0.25, -0.2) is 0 Å². The molecule has 0 bridgehead atoms. The summed E-state index contributed by atoms with van der Waals surface area (Å²) in [7, 11) is 0. The van der Waals surface area contributed by atoms with Crippen molar-refractivity contribution in [1.29, 1.82) is 0 Å². The number of hydrogen-bond donors (Lipinski definition) is 0. The Balaban J connectivity index is 1.42. The van der Waals surface area contributed by atoms with Crippen molar-refractivity contribution in [2.45, 2.75) is 26.2 Å². The van der Waals surface area contributed by atoms with Gasteiger partial charge in [0, 0.05) is 5.41 Å². The second kappa shape index (κ2) is 10.0. The lowest BCUT2D eigenvalue weighted by molar-refractivity contribution is 0.660. The molecule has 9 rings (SSSR count). The van der Waals surface area contributed by atoms with Gasteiger partial charge in [-0.15, -0.1) is 0 Å². The van der Waals surface area contributed by atoms with Gasteiger partial charge in [-0.2, -0.15) is 0 Å². The summed E-state index contributed by atoms with van der Waals surface area (Å²) in [6, 6.07) is 56.5. The third-order valence-corrected chi connectivity index (χ3v) is 10.3. The summed E-state index contributed by atoms with van der Waals surface area (Å²) in [5, 5.41) is 7.68. The van der Waals surface area contributed by atoms with Gasteiger partial charge in [0.25, 0.3) is 0 Å². The standard InChI is InChI=1S/C46H34/c1-29-21-24-38-40(27-29)43(32-23-26-42-39(28-32)35-17-11-12-20-41(35)46(42,2)3)36-18-9-10-19-37(36)45(38)44-33-16-8-7-15-31(33)22-25-34(44)30-13-5-4-6-14-30/h4-28H,1-3H3. The molecule has 0 aromatic heterocycles. The minimum Gasteiger partial charge on any atom is -0.0622 e. The quantitative estimate of drug-likeness (QED) is 0.181. The van der Waals surface area contributed by atoms with E-state index in [1.165, 1.54) is 93.5 Å². The maximum atomic E-state index is 2.46. The van der Waals surface area contributed by atoms with Crippen molar-refractivity contribution < 1.29 is 0 Å². The van der Waals surface area contributed by atoms with Crippen LogP contribution in [0.4, 0.5) is 0 Å². The number of rotatable bonds is 3. The fourth-order valence-corrected chi connectivity index (χ4v) is 8.15. The molecule has 218 valence electrons. The number of hydrogen-bond acceptors (Lipinski definition) is 0. The first-order chi connectivity index (χ1) is 22.5. The summed E-state index contributed by atoms with van der Waals surface area (Å²) in [4.78, 5) is 0. The van der Waals surface area contributed by atoms with Crippen LogP contribution in [0.3, 0.4) is 0 Å². The molecule has 0 amide bonds. The molecule has 0 heterocycles. The Morgan fingerprint density at radius 1 is 0.370 bits per heavy atom. The Labute approximate surface area is 270 Å². The lowest BCUT2D eigenvalue weighted by atomic mass is 9.80. The lowest BCUT2D eigenvalue weighted by Crippen LogP contribution is -2.14. The van der Waals surface area contributed by atoms with Crippen LogP contribution in [0.2, 0.25) is 0 Å². The minimum atomic E-state index is -0.0166. The van der Waals surface area contributed by atoms with Gasteiger partial charge < -0.3 is 0 Å². The molecule has 0 spiro atoms. The van der Waals surface area contributed by atoms with Crippen LogP contribution in [0.15, 0.2) is 152 Å². The molecule has 0 saturated heterocycles. The maximum Gasteiger partial charge on any atom is 0.0158 e. The largest absolute Gasteiger partial charge is 0.0622 e. The molecule has 8 aromatic carbocycles. The van der Waals surface area contributed by atoms with Crippen LogP contribution >= 0.6 is 0 Å². The number of aryl methyl sites for hydroxylation is 1. The molecule has 0 N–H and O–H groups in total. The van der Waals surface area contributed by atoms with Crippen molar-refractivity contribution >= 4 is 32.3 Å². The molecule has 0 saturated carbocycles. The van der Waals surface area contributed by atoms with E-state index < -0.39 is 0 Å². The monoisotopic (exact) mass is 586 g/mol. The first-order valence-corrected chi connectivity index (χ1v) is 16.3. The summed E-state index contributed by atoms with van der Waals surface area (Å²) in [5.41, 5.74) is 14.4. The van der Waals surface area contributed by atoms with E-state index in [0.717, 1.165) is 0 Å². The molecule has 1 aliphatic carbocycles. The predicted octanol–water partition coefficient (Wildman–Crippen LogP) is 12.8. The van der Waals surface area contributed by atoms with Crippen molar-refractivity contribution in [2.75, 3.05) is 0 Å². The zero-order chi connectivity index (χ0) is 31.0. The van der Waals surface area contributed by atoms with E-state index in [1.54, 1.807) is 0 Å². The van der Waals surface area contributed by atoms with Crippen molar-refractivity contribution in [3.8, 4) is 44.5 Å². The van der Waals surface area contributed by atoms with E-state index in [9.17, 15) is 0 Å². The number of benzene rings is 8. The molecule has 0 aliphatic heterocycles. The van der Waals surface area contributed by atoms with E-state index in [1.807, 2.05) is 0 Å². The van der Waals surface area contributed by atoms with E-state index in [0.29, 0.717) is 0 Å². The second-order valence-electron chi connectivity index (χ2n) is 13.4. The van der Waals surface area contributed by atoms with Crippen LogP contribution in [0, 0.1) is 6.92 Å². The van der Waals surface area contributed by atoms with Crippen LogP contribution in [-0.4, -0.2) is 0 Å². The summed E-state index contributed by atoms with van der Waals surface area (Å²) in [6.07, 6.45) is 0. The lowest BCUT2D eigenvalue weighted by Gasteiger charge is -2.23. The fourth-order valence-electron chi connectivity index (χ4n) is 8.15. The highest BCUT2D eigenvalue weighted by molar-refractivity contribution is 6.25. The van der Waals surface area contributed by atoms with Crippen LogP contribution in [-0.2, 0) is 5.41 Å². The molecule has 0 fully saturated rings. The Morgan fingerprint density at radius 2 is 1.02 bits per heavy atom. The second-order valence-corrected chi connectivity index (χ2v) is 13.4. The molecule has 0 radical (unpaired) electrons. The first kappa shape index (κ1) is 26.9. The molecule has 8 aromatic rings. The molecular formula is C46H34. The summed E-state index contributed by atoms with van der Waals surface area (Å²) in [5.74, 6) is 0. The molecular weight excluding hydrogens is 553 g/mol. The first-order valence-electron chi connectivity index (χ1n) is 16.3. The fraction of sp³-hybridized carbons (Fsp3) is 0.0870. The number of fused-ring (bicyclic) bond motifs is 6. The van der Waals surface area contributed by atoms with E-state index in [4.69, 9.17) is 0 Å². The van der Waals surface area contributed by atoms with Crippen LogP contribution in [0.25, 0.3) is 76.8 Å². The topological polar surface area (TPSA) is 0 Å². The van der Waals surface area contributed by atoms with Gasteiger partial charge in [0.15, 0.2) is 0 Å². The van der Waals surface area contributed by atoms with Gasteiger partial charge >= 0.3 is 0 Å². The normalized spacial score (nSPS) is 13.3. The van der Waals surface area contributed by atoms with Gasteiger partial charge in [0.05, 0.1) is 0 Å². The highest BCUT2D eigenvalue weighted by Crippen LogP contribution is 2.52. The molecule has 1 aliphatic rings. The molecule has 0 atom stereocenters. The van der Waals surface area contributed by atoms with Crippen molar-refractivity contribution in [3.63, 3.8) is 0 Å². The zero-order valence-electron chi connectivity index (χ0n) is 26.4. The average Bonchev–Trinajstić information content (AvgIpc) is 3.33. The SMILES string of the molecule is Cc1ccc2c(-c3c(-c4ccccc4)ccc4ccccc34)c3ccccc3c(-c3ccc4c(c3)-c3ccccc3C4(C)C)c2c1. The average molecular weight is 587 g/mol. The van der Waals surface area contributed by atoms with Crippen LogP contribution in [0.1, 0.15) is 30.5 Å². The molecule has 0 heteroatoms.